The van der Waals surface area contributed by atoms with Crippen LogP contribution in [0.2, 0.25) is 0 Å². The summed E-state index contributed by atoms with van der Waals surface area (Å²) in [4.78, 5) is 24.0. The lowest BCUT2D eigenvalue weighted by Gasteiger charge is -2.11. The summed E-state index contributed by atoms with van der Waals surface area (Å²) >= 11 is 0. The summed E-state index contributed by atoms with van der Waals surface area (Å²) in [5.74, 6) is 0. The Morgan fingerprint density at radius 1 is 0.441 bits per heavy atom. The molecule has 0 atom stereocenters. The van der Waals surface area contributed by atoms with Gasteiger partial charge in [0.15, 0.2) is 0 Å². The zero-order chi connectivity index (χ0) is 24.9. The third kappa shape index (κ3) is 6.89. The van der Waals surface area contributed by atoms with Crippen molar-refractivity contribution in [2.75, 3.05) is 21.3 Å². The first-order chi connectivity index (χ1) is 15.9. The Hall–Kier alpha value is -4.22. The van der Waals surface area contributed by atoms with Crippen molar-refractivity contribution in [2.45, 2.75) is 12.4 Å². The van der Waals surface area contributed by atoms with E-state index in [-0.39, 0.29) is 11.4 Å². The van der Waals surface area contributed by atoms with Crippen LogP contribution in [0.1, 0.15) is 11.1 Å². The van der Waals surface area contributed by atoms with Gasteiger partial charge in [-0.15, -0.1) is 0 Å². The van der Waals surface area contributed by atoms with Gasteiger partial charge < -0.3 is 21.3 Å². The van der Waals surface area contributed by atoms with E-state index in [1.54, 1.807) is 0 Å². The molecule has 0 aliphatic rings. The minimum absolute atomic E-state index is 0.156. The van der Waals surface area contributed by atoms with E-state index in [0.717, 1.165) is 48.5 Å². The maximum absolute atomic E-state index is 12.6. The fraction of sp³-hybridized carbons (Fsp3) is 0.0909. The van der Waals surface area contributed by atoms with Crippen molar-refractivity contribution in [3.8, 4) is 0 Å². The summed E-state index contributed by atoms with van der Waals surface area (Å²) in [6.45, 7) is 0. The predicted octanol–water partition coefficient (Wildman–Crippen LogP) is 7.01. The Kier molecular flexibility index (Phi) is 6.99. The molecule has 12 heteroatoms. The van der Waals surface area contributed by atoms with Crippen LogP contribution in [0.3, 0.4) is 0 Å². The second-order valence-corrected chi connectivity index (χ2v) is 6.89. The molecule has 178 valence electrons. The molecule has 0 saturated heterocycles. The lowest BCUT2D eigenvalue weighted by molar-refractivity contribution is -0.138. The second kappa shape index (κ2) is 9.73. The Morgan fingerprint density at radius 3 is 0.853 bits per heavy atom. The molecule has 3 aromatic carbocycles. The van der Waals surface area contributed by atoms with Crippen LogP contribution in [0.25, 0.3) is 0 Å². The Labute approximate surface area is 189 Å². The van der Waals surface area contributed by atoms with E-state index in [4.69, 9.17) is 0 Å². The SMILES string of the molecule is O=C(Nc1ccc(NC(=O)Nc2ccc(C(F)(F)F)cc2)cc1)Nc1ccc(C(F)(F)F)cc1. The van der Waals surface area contributed by atoms with Crippen LogP contribution in [0.15, 0.2) is 72.8 Å². The van der Waals surface area contributed by atoms with Crippen molar-refractivity contribution in [3.05, 3.63) is 83.9 Å². The van der Waals surface area contributed by atoms with Gasteiger partial charge in [0.05, 0.1) is 11.1 Å². The summed E-state index contributed by atoms with van der Waals surface area (Å²) in [6, 6.07) is 12.3. The maximum Gasteiger partial charge on any atom is 0.416 e. The summed E-state index contributed by atoms with van der Waals surface area (Å²) < 4.78 is 75.5. The molecular formula is C22H16F6N4O2. The van der Waals surface area contributed by atoms with Crippen LogP contribution in [-0.2, 0) is 12.4 Å². The average molecular weight is 482 g/mol. The van der Waals surface area contributed by atoms with Gasteiger partial charge in [0.25, 0.3) is 0 Å². The highest BCUT2D eigenvalue weighted by molar-refractivity contribution is 6.01. The quantitative estimate of drug-likeness (QED) is 0.302. The predicted molar refractivity (Wildman–Crippen MR) is 115 cm³/mol. The number of hydrogen-bond acceptors (Lipinski definition) is 2. The van der Waals surface area contributed by atoms with E-state index in [9.17, 15) is 35.9 Å². The number of carbonyl (C=O) groups excluding carboxylic acids is 2. The van der Waals surface area contributed by atoms with Gasteiger partial charge in [0, 0.05) is 22.7 Å². The third-order valence-electron chi connectivity index (χ3n) is 4.34. The van der Waals surface area contributed by atoms with Gasteiger partial charge in [-0.1, -0.05) is 0 Å². The fourth-order valence-corrected chi connectivity index (χ4v) is 2.71. The molecule has 0 bridgehead atoms. The lowest BCUT2D eigenvalue weighted by atomic mass is 10.2. The summed E-state index contributed by atoms with van der Waals surface area (Å²) in [7, 11) is 0. The normalized spacial score (nSPS) is 11.5. The second-order valence-electron chi connectivity index (χ2n) is 6.89. The first-order valence-electron chi connectivity index (χ1n) is 9.51. The first-order valence-corrected chi connectivity index (χ1v) is 9.51. The maximum atomic E-state index is 12.6. The van der Waals surface area contributed by atoms with Gasteiger partial charge in [0.2, 0.25) is 0 Å². The van der Waals surface area contributed by atoms with E-state index in [0.29, 0.717) is 11.4 Å². The molecule has 0 aliphatic carbocycles. The fourth-order valence-electron chi connectivity index (χ4n) is 2.71. The topological polar surface area (TPSA) is 82.3 Å². The Balaban J connectivity index is 1.50. The molecule has 4 N–H and O–H groups in total. The van der Waals surface area contributed by atoms with E-state index >= 15 is 0 Å². The number of amides is 4. The molecule has 0 aliphatic heterocycles. The number of benzene rings is 3. The van der Waals surface area contributed by atoms with E-state index in [1.807, 2.05) is 0 Å². The van der Waals surface area contributed by atoms with Crippen LogP contribution in [0.5, 0.6) is 0 Å². The molecule has 6 nitrogen and oxygen atoms in total. The van der Waals surface area contributed by atoms with Crippen molar-refractivity contribution in [1.29, 1.82) is 0 Å². The number of carbonyl (C=O) groups is 2. The van der Waals surface area contributed by atoms with Crippen molar-refractivity contribution in [3.63, 3.8) is 0 Å². The number of hydrogen-bond donors (Lipinski definition) is 4. The molecule has 0 aromatic heterocycles. The molecule has 0 unspecified atom stereocenters. The van der Waals surface area contributed by atoms with Gasteiger partial charge in [-0.2, -0.15) is 26.3 Å². The van der Waals surface area contributed by atoms with Crippen LogP contribution >= 0.6 is 0 Å². The molecule has 0 heterocycles. The van der Waals surface area contributed by atoms with Gasteiger partial charge in [-0.3, -0.25) is 0 Å². The van der Waals surface area contributed by atoms with Crippen molar-refractivity contribution in [2.24, 2.45) is 0 Å². The minimum atomic E-state index is -4.48. The van der Waals surface area contributed by atoms with Crippen molar-refractivity contribution >= 4 is 34.8 Å². The number of rotatable bonds is 4. The number of alkyl halides is 6. The van der Waals surface area contributed by atoms with E-state index < -0.39 is 35.5 Å². The summed E-state index contributed by atoms with van der Waals surface area (Å²) in [5.41, 5.74) is -0.712. The standard InChI is InChI=1S/C22H16F6N4O2/c23-21(24,25)13-1-5-15(6-2-13)29-19(33)31-17-9-11-18(12-10-17)32-20(34)30-16-7-3-14(4-8-16)22(26,27)28/h1-12H,(H2,29,31,33)(H2,30,32,34). The van der Waals surface area contributed by atoms with Crippen LogP contribution in [-0.4, -0.2) is 12.1 Å². The van der Waals surface area contributed by atoms with Gasteiger partial charge in [-0.25, -0.2) is 9.59 Å². The average Bonchev–Trinajstić information content (AvgIpc) is 2.74. The van der Waals surface area contributed by atoms with Crippen molar-refractivity contribution in [1.82, 2.24) is 0 Å². The smallest absolute Gasteiger partial charge is 0.308 e. The Bertz CT molecular complexity index is 1050. The number of urea groups is 2. The first kappa shape index (κ1) is 24.4. The molecule has 0 radical (unpaired) electrons. The number of anilines is 4. The van der Waals surface area contributed by atoms with Gasteiger partial charge >= 0.3 is 24.4 Å². The van der Waals surface area contributed by atoms with E-state index in [2.05, 4.69) is 21.3 Å². The monoisotopic (exact) mass is 482 g/mol. The molecule has 0 spiro atoms. The highest BCUT2D eigenvalue weighted by Crippen LogP contribution is 2.30. The van der Waals surface area contributed by atoms with Gasteiger partial charge in [-0.05, 0) is 72.8 Å². The van der Waals surface area contributed by atoms with Crippen LogP contribution in [0, 0.1) is 0 Å². The lowest BCUT2D eigenvalue weighted by Crippen LogP contribution is -2.20. The summed E-state index contributed by atoms with van der Waals surface area (Å²) in [6.07, 6.45) is -8.96. The zero-order valence-electron chi connectivity index (χ0n) is 17.0. The van der Waals surface area contributed by atoms with Crippen LogP contribution < -0.4 is 21.3 Å². The molecule has 34 heavy (non-hydrogen) atoms. The molecule has 0 fully saturated rings. The molecule has 0 saturated carbocycles. The summed E-state index contributed by atoms with van der Waals surface area (Å²) in [5, 5.41) is 9.74. The Morgan fingerprint density at radius 2 is 0.647 bits per heavy atom. The van der Waals surface area contributed by atoms with E-state index in [1.165, 1.54) is 24.3 Å². The molecule has 4 amide bonds. The number of nitrogens with one attached hydrogen (secondary N) is 4. The largest absolute Gasteiger partial charge is 0.416 e. The minimum Gasteiger partial charge on any atom is -0.308 e. The molecular weight excluding hydrogens is 466 g/mol. The zero-order valence-corrected chi connectivity index (χ0v) is 17.0. The number of halogens is 6. The highest BCUT2D eigenvalue weighted by atomic mass is 19.4. The van der Waals surface area contributed by atoms with Gasteiger partial charge in [0.1, 0.15) is 0 Å². The van der Waals surface area contributed by atoms with Crippen molar-refractivity contribution < 1.29 is 35.9 Å². The molecule has 3 aromatic rings. The molecule has 3 rings (SSSR count). The van der Waals surface area contributed by atoms with Crippen LogP contribution in [0.4, 0.5) is 58.7 Å². The third-order valence-corrected chi connectivity index (χ3v) is 4.34. The highest BCUT2D eigenvalue weighted by Gasteiger charge is 2.30.